The zero-order valence-corrected chi connectivity index (χ0v) is 16.7. The Morgan fingerprint density at radius 2 is 2.11 bits per heavy atom. The number of hydrogen-bond donors (Lipinski definition) is 1. The van der Waals surface area contributed by atoms with Gasteiger partial charge in [0.05, 0.1) is 19.3 Å². The van der Waals surface area contributed by atoms with Gasteiger partial charge in [-0.2, -0.15) is 0 Å². The molecule has 1 aromatic carbocycles. The number of halogens is 1. The van der Waals surface area contributed by atoms with E-state index in [1.807, 2.05) is 4.90 Å². The number of rotatable bonds is 4. The molecule has 154 valence electrons. The molecule has 0 bridgehead atoms. The molecule has 0 aliphatic carbocycles. The SMILES string of the molecule is Cc1ccc(C(=O)N2CCC3(CC2)COC(CN2CCC[C@H]2CO)C3)cc1F. The number of amides is 1. The Morgan fingerprint density at radius 1 is 1.32 bits per heavy atom. The second-order valence-electron chi connectivity index (χ2n) is 8.87. The maximum Gasteiger partial charge on any atom is 0.253 e. The summed E-state index contributed by atoms with van der Waals surface area (Å²) in [6, 6.07) is 5.02. The van der Waals surface area contributed by atoms with Crippen LogP contribution in [0.5, 0.6) is 0 Å². The molecule has 6 heteroatoms. The number of hydrogen-bond acceptors (Lipinski definition) is 4. The fourth-order valence-corrected chi connectivity index (χ4v) is 5.06. The maximum atomic E-state index is 13.8. The van der Waals surface area contributed by atoms with Crippen molar-refractivity contribution in [3.8, 4) is 0 Å². The van der Waals surface area contributed by atoms with E-state index >= 15 is 0 Å². The minimum atomic E-state index is -0.325. The molecular formula is C22H31FN2O3. The second-order valence-corrected chi connectivity index (χ2v) is 8.87. The molecule has 0 radical (unpaired) electrons. The molecule has 5 nitrogen and oxygen atoms in total. The summed E-state index contributed by atoms with van der Waals surface area (Å²) >= 11 is 0. The van der Waals surface area contributed by atoms with Crippen LogP contribution >= 0.6 is 0 Å². The van der Waals surface area contributed by atoms with E-state index in [0.29, 0.717) is 24.2 Å². The molecule has 3 aliphatic heterocycles. The zero-order chi connectivity index (χ0) is 19.7. The van der Waals surface area contributed by atoms with Gasteiger partial charge in [-0.3, -0.25) is 9.69 Å². The molecule has 3 aliphatic rings. The monoisotopic (exact) mass is 390 g/mol. The Hall–Kier alpha value is -1.50. The van der Waals surface area contributed by atoms with Crippen LogP contribution in [-0.2, 0) is 4.74 Å². The van der Waals surface area contributed by atoms with Crippen LogP contribution in [0.3, 0.4) is 0 Å². The fourth-order valence-electron chi connectivity index (χ4n) is 5.06. The smallest absolute Gasteiger partial charge is 0.253 e. The van der Waals surface area contributed by atoms with Gasteiger partial charge in [0.2, 0.25) is 0 Å². The predicted octanol–water partition coefficient (Wildman–Crippen LogP) is 2.60. The quantitative estimate of drug-likeness (QED) is 0.859. The third-order valence-electron chi connectivity index (χ3n) is 6.96. The maximum absolute atomic E-state index is 13.8. The zero-order valence-electron chi connectivity index (χ0n) is 16.7. The molecule has 1 unspecified atom stereocenters. The Bertz CT molecular complexity index is 718. The number of nitrogens with zero attached hydrogens (tertiary/aromatic N) is 2. The van der Waals surface area contributed by atoms with Crippen molar-refractivity contribution in [2.45, 2.75) is 51.2 Å². The number of likely N-dealkylation sites (tertiary alicyclic amines) is 2. The molecule has 1 amide bonds. The summed E-state index contributed by atoms with van der Waals surface area (Å²) in [4.78, 5) is 16.9. The third-order valence-corrected chi connectivity index (χ3v) is 6.96. The van der Waals surface area contributed by atoms with Crippen LogP contribution in [0.15, 0.2) is 18.2 Å². The van der Waals surface area contributed by atoms with Crippen LogP contribution < -0.4 is 0 Å². The van der Waals surface area contributed by atoms with Gasteiger partial charge in [-0.05, 0) is 68.7 Å². The lowest BCUT2D eigenvalue weighted by atomic mass is 9.76. The molecule has 4 rings (SSSR count). The third kappa shape index (κ3) is 3.95. The molecule has 3 heterocycles. The first-order chi connectivity index (χ1) is 13.5. The highest BCUT2D eigenvalue weighted by Crippen LogP contribution is 2.42. The van der Waals surface area contributed by atoms with E-state index in [4.69, 9.17) is 4.74 Å². The molecule has 0 saturated carbocycles. The van der Waals surface area contributed by atoms with Gasteiger partial charge in [-0.15, -0.1) is 0 Å². The number of carbonyl (C=O) groups excluding carboxylic acids is 1. The van der Waals surface area contributed by atoms with Gasteiger partial charge in [0.1, 0.15) is 5.82 Å². The lowest BCUT2D eigenvalue weighted by Crippen LogP contribution is -2.44. The summed E-state index contributed by atoms with van der Waals surface area (Å²) in [5.74, 6) is -0.401. The summed E-state index contributed by atoms with van der Waals surface area (Å²) in [5, 5.41) is 9.52. The molecule has 0 aromatic heterocycles. The number of aliphatic hydroxyl groups excluding tert-OH is 1. The highest BCUT2D eigenvalue weighted by molar-refractivity contribution is 5.94. The van der Waals surface area contributed by atoms with E-state index in [-0.39, 0.29) is 35.9 Å². The van der Waals surface area contributed by atoms with Crippen molar-refractivity contribution < 1.29 is 19.0 Å². The van der Waals surface area contributed by atoms with Crippen LogP contribution in [0.1, 0.15) is 48.0 Å². The normalized spacial score (nSPS) is 27.6. The standard InChI is InChI=1S/C22H31FN2O3/c1-16-4-5-17(11-20(16)23)21(27)24-9-6-22(7-10-24)12-19(28-15-22)13-25-8-2-3-18(25)14-26/h4-5,11,18-19,26H,2-3,6-10,12-15H2,1H3/t18-,19?/m0/s1. The Labute approximate surface area is 166 Å². The van der Waals surface area contributed by atoms with Gasteiger partial charge in [0.25, 0.3) is 5.91 Å². The van der Waals surface area contributed by atoms with E-state index in [1.54, 1.807) is 19.1 Å². The number of carbonyl (C=O) groups is 1. The van der Waals surface area contributed by atoms with E-state index in [9.17, 15) is 14.3 Å². The van der Waals surface area contributed by atoms with Crippen molar-refractivity contribution >= 4 is 5.91 Å². The van der Waals surface area contributed by atoms with Crippen molar-refractivity contribution in [2.75, 3.05) is 39.4 Å². The van der Waals surface area contributed by atoms with Gasteiger partial charge in [-0.1, -0.05) is 6.07 Å². The van der Waals surface area contributed by atoms with Crippen LogP contribution in [0, 0.1) is 18.2 Å². The Morgan fingerprint density at radius 3 is 2.82 bits per heavy atom. The number of benzene rings is 1. The second kappa shape index (κ2) is 8.09. The average Bonchev–Trinajstić information content (AvgIpc) is 3.31. The van der Waals surface area contributed by atoms with Crippen molar-refractivity contribution in [3.63, 3.8) is 0 Å². The first-order valence-corrected chi connectivity index (χ1v) is 10.5. The van der Waals surface area contributed by atoms with Crippen molar-refractivity contribution in [2.24, 2.45) is 5.41 Å². The van der Waals surface area contributed by atoms with E-state index < -0.39 is 0 Å². The number of ether oxygens (including phenoxy) is 1. The molecule has 1 spiro atoms. The highest BCUT2D eigenvalue weighted by Gasteiger charge is 2.44. The highest BCUT2D eigenvalue weighted by atomic mass is 19.1. The van der Waals surface area contributed by atoms with E-state index in [0.717, 1.165) is 51.8 Å². The lowest BCUT2D eigenvalue weighted by Gasteiger charge is -2.38. The molecule has 3 saturated heterocycles. The van der Waals surface area contributed by atoms with Gasteiger partial charge in [0.15, 0.2) is 0 Å². The van der Waals surface area contributed by atoms with Gasteiger partial charge < -0.3 is 14.7 Å². The molecule has 1 N–H and O–H groups in total. The number of piperidine rings is 1. The summed E-state index contributed by atoms with van der Waals surface area (Å²) in [6.45, 7) is 6.05. The predicted molar refractivity (Wildman–Crippen MR) is 105 cm³/mol. The van der Waals surface area contributed by atoms with E-state index in [2.05, 4.69) is 4.90 Å². The number of aliphatic hydroxyl groups is 1. The van der Waals surface area contributed by atoms with Crippen LogP contribution in [0.4, 0.5) is 4.39 Å². The average molecular weight is 390 g/mol. The Balaban J connectivity index is 1.31. The van der Waals surface area contributed by atoms with Gasteiger partial charge in [0, 0.05) is 31.2 Å². The van der Waals surface area contributed by atoms with Crippen LogP contribution in [-0.4, -0.2) is 72.4 Å². The Kier molecular flexibility index (Phi) is 5.72. The van der Waals surface area contributed by atoms with Gasteiger partial charge in [-0.25, -0.2) is 4.39 Å². The molecule has 3 fully saturated rings. The molecule has 2 atom stereocenters. The topological polar surface area (TPSA) is 53.0 Å². The van der Waals surface area contributed by atoms with Gasteiger partial charge >= 0.3 is 0 Å². The largest absolute Gasteiger partial charge is 0.395 e. The molecular weight excluding hydrogens is 359 g/mol. The van der Waals surface area contributed by atoms with Crippen molar-refractivity contribution in [1.29, 1.82) is 0 Å². The minimum absolute atomic E-state index is 0.0768. The van der Waals surface area contributed by atoms with Crippen molar-refractivity contribution in [1.82, 2.24) is 9.80 Å². The first kappa shape index (κ1) is 19.8. The van der Waals surface area contributed by atoms with E-state index in [1.165, 1.54) is 6.07 Å². The van der Waals surface area contributed by atoms with Crippen LogP contribution in [0.25, 0.3) is 0 Å². The minimum Gasteiger partial charge on any atom is -0.395 e. The lowest BCUT2D eigenvalue weighted by molar-refractivity contribution is 0.0401. The molecule has 28 heavy (non-hydrogen) atoms. The fraction of sp³-hybridized carbons (Fsp3) is 0.682. The summed E-state index contributed by atoms with van der Waals surface area (Å²) < 4.78 is 19.9. The molecule has 1 aromatic rings. The number of aryl methyl sites for hydroxylation is 1. The van der Waals surface area contributed by atoms with Crippen LogP contribution in [0.2, 0.25) is 0 Å². The summed E-state index contributed by atoms with van der Waals surface area (Å²) in [5.41, 5.74) is 1.16. The van der Waals surface area contributed by atoms with Crippen molar-refractivity contribution in [3.05, 3.63) is 35.1 Å². The summed E-state index contributed by atoms with van der Waals surface area (Å²) in [6.07, 6.45) is 5.36. The first-order valence-electron chi connectivity index (χ1n) is 10.5. The summed E-state index contributed by atoms with van der Waals surface area (Å²) in [7, 11) is 0.